The maximum Gasteiger partial charge on any atom is 0.325 e. The van der Waals surface area contributed by atoms with Crippen LogP contribution in [0.1, 0.15) is 33.6 Å². The van der Waals surface area contributed by atoms with Crippen LogP contribution >= 0.6 is 12.4 Å². The molecule has 0 bridgehead atoms. The molecule has 0 aromatic heterocycles. The lowest BCUT2D eigenvalue weighted by Crippen LogP contribution is -2.43. The molecule has 3 N–H and O–H groups in total. The normalized spacial score (nSPS) is 14.4. The van der Waals surface area contributed by atoms with E-state index in [0.29, 0.717) is 6.42 Å². The lowest BCUT2D eigenvalue weighted by molar-refractivity contribution is -0.151. The Morgan fingerprint density at radius 2 is 2.00 bits per heavy atom. The first-order valence-corrected chi connectivity index (χ1v) is 4.63. The largest absolute Gasteiger partial charge is 0.462 e. The highest BCUT2D eigenvalue weighted by molar-refractivity contribution is 5.85. The highest BCUT2D eigenvalue weighted by Gasteiger charge is 2.23. The van der Waals surface area contributed by atoms with Crippen molar-refractivity contribution >= 4 is 18.4 Å². The third-order valence-electron chi connectivity index (χ3n) is 1.62. The Balaban J connectivity index is 0. The molecule has 86 valence electrons. The third kappa shape index (κ3) is 6.18. The fraction of sp³-hybridized carbons (Fsp3) is 0.889. The molecule has 0 radical (unpaired) electrons. The van der Waals surface area contributed by atoms with Gasteiger partial charge in [0, 0.05) is 0 Å². The Hall–Kier alpha value is -0.320. The van der Waals surface area contributed by atoms with Gasteiger partial charge in [-0.3, -0.25) is 4.79 Å². The van der Waals surface area contributed by atoms with Gasteiger partial charge < -0.3 is 15.6 Å². The predicted molar refractivity (Wildman–Crippen MR) is 57.4 cm³/mol. The summed E-state index contributed by atoms with van der Waals surface area (Å²) in [6.07, 6.45) is 0.335. The Morgan fingerprint density at radius 1 is 1.50 bits per heavy atom. The molecule has 0 aliphatic heterocycles. The van der Waals surface area contributed by atoms with Crippen molar-refractivity contribution in [3.8, 4) is 0 Å². The van der Waals surface area contributed by atoms with E-state index >= 15 is 0 Å². The van der Waals surface area contributed by atoms with Gasteiger partial charge in [0.15, 0.2) is 0 Å². The van der Waals surface area contributed by atoms with Crippen molar-refractivity contribution in [3.63, 3.8) is 0 Å². The number of carbonyl (C=O) groups is 1. The maximum absolute atomic E-state index is 11.2. The van der Waals surface area contributed by atoms with Crippen LogP contribution in [0.4, 0.5) is 0 Å². The molecule has 2 atom stereocenters. The molecule has 14 heavy (non-hydrogen) atoms. The fourth-order valence-electron chi connectivity index (χ4n) is 0.943. The number of halogens is 1. The zero-order valence-corrected chi connectivity index (χ0v) is 9.71. The SMILES string of the molecule is CCC[C@H](O)[C@H](N)C(=O)OC(C)C.Cl. The molecule has 0 fully saturated rings. The number of aliphatic hydroxyl groups excluding tert-OH is 1. The highest BCUT2D eigenvalue weighted by Crippen LogP contribution is 2.03. The molecule has 0 rings (SSSR count). The molecular formula is C9H20ClNO3. The molecular weight excluding hydrogens is 206 g/mol. The van der Waals surface area contributed by atoms with Gasteiger partial charge in [-0.15, -0.1) is 12.4 Å². The Bertz CT molecular complexity index is 164. The van der Waals surface area contributed by atoms with Gasteiger partial charge in [-0.1, -0.05) is 13.3 Å². The van der Waals surface area contributed by atoms with E-state index in [4.69, 9.17) is 10.5 Å². The highest BCUT2D eigenvalue weighted by atomic mass is 35.5. The summed E-state index contributed by atoms with van der Waals surface area (Å²) in [5, 5.41) is 9.38. The lowest BCUT2D eigenvalue weighted by atomic mass is 10.1. The smallest absolute Gasteiger partial charge is 0.325 e. The second-order valence-corrected chi connectivity index (χ2v) is 3.37. The molecule has 0 aliphatic rings. The van der Waals surface area contributed by atoms with Gasteiger partial charge in [0.1, 0.15) is 6.04 Å². The summed E-state index contributed by atoms with van der Waals surface area (Å²) in [6.45, 7) is 5.41. The van der Waals surface area contributed by atoms with Gasteiger partial charge in [-0.2, -0.15) is 0 Å². The van der Waals surface area contributed by atoms with E-state index in [9.17, 15) is 9.90 Å². The van der Waals surface area contributed by atoms with Crippen LogP contribution in [-0.4, -0.2) is 29.3 Å². The van der Waals surface area contributed by atoms with Crippen LogP contribution < -0.4 is 5.73 Å². The minimum absolute atomic E-state index is 0. The fourth-order valence-corrected chi connectivity index (χ4v) is 0.943. The van der Waals surface area contributed by atoms with Crippen LogP contribution in [0.2, 0.25) is 0 Å². The predicted octanol–water partition coefficient (Wildman–Crippen LogP) is 0.848. The van der Waals surface area contributed by atoms with E-state index in [1.54, 1.807) is 13.8 Å². The number of carbonyl (C=O) groups excluding carboxylic acids is 1. The molecule has 0 unspecified atom stereocenters. The summed E-state index contributed by atoms with van der Waals surface area (Å²) < 4.78 is 4.86. The van der Waals surface area contributed by atoms with Crippen molar-refractivity contribution < 1.29 is 14.6 Å². The molecule has 0 heterocycles. The second-order valence-electron chi connectivity index (χ2n) is 3.37. The van der Waals surface area contributed by atoms with Gasteiger partial charge in [0.2, 0.25) is 0 Å². The van der Waals surface area contributed by atoms with E-state index in [-0.39, 0.29) is 18.5 Å². The quantitative estimate of drug-likeness (QED) is 0.681. The molecule has 0 aromatic carbocycles. The monoisotopic (exact) mass is 225 g/mol. The summed E-state index contributed by atoms with van der Waals surface area (Å²) in [6, 6.07) is -0.914. The minimum Gasteiger partial charge on any atom is -0.462 e. The zero-order valence-electron chi connectivity index (χ0n) is 8.90. The average Bonchev–Trinajstić information content (AvgIpc) is 2.02. The van der Waals surface area contributed by atoms with Crippen molar-refractivity contribution in [1.82, 2.24) is 0 Å². The van der Waals surface area contributed by atoms with Crippen molar-refractivity contribution in [2.75, 3.05) is 0 Å². The first-order valence-electron chi connectivity index (χ1n) is 4.63. The Morgan fingerprint density at radius 3 is 2.36 bits per heavy atom. The van der Waals surface area contributed by atoms with Gasteiger partial charge >= 0.3 is 5.97 Å². The van der Waals surface area contributed by atoms with Crippen molar-refractivity contribution in [3.05, 3.63) is 0 Å². The molecule has 0 saturated heterocycles. The molecule has 0 saturated carbocycles. The van der Waals surface area contributed by atoms with E-state index in [1.807, 2.05) is 6.92 Å². The summed E-state index contributed by atoms with van der Waals surface area (Å²) >= 11 is 0. The third-order valence-corrected chi connectivity index (χ3v) is 1.62. The van der Waals surface area contributed by atoms with Crippen LogP contribution in [0.5, 0.6) is 0 Å². The number of ether oxygens (including phenoxy) is 1. The van der Waals surface area contributed by atoms with Crippen LogP contribution in [0.25, 0.3) is 0 Å². The minimum atomic E-state index is -0.914. The molecule has 0 spiro atoms. The van der Waals surface area contributed by atoms with Gasteiger partial charge in [-0.25, -0.2) is 0 Å². The first kappa shape index (κ1) is 16.1. The topological polar surface area (TPSA) is 72.5 Å². The van der Waals surface area contributed by atoms with E-state index in [2.05, 4.69) is 0 Å². The molecule has 0 aromatic rings. The van der Waals surface area contributed by atoms with Gasteiger partial charge in [0.05, 0.1) is 12.2 Å². The number of hydrogen-bond donors (Lipinski definition) is 2. The number of nitrogens with two attached hydrogens (primary N) is 1. The van der Waals surface area contributed by atoms with Crippen molar-refractivity contribution in [2.24, 2.45) is 5.73 Å². The zero-order chi connectivity index (χ0) is 10.4. The van der Waals surface area contributed by atoms with E-state index in [1.165, 1.54) is 0 Å². The molecule has 0 amide bonds. The molecule has 5 heteroatoms. The summed E-state index contributed by atoms with van der Waals surface area (Å²) in [4.78, 5) is 11.2. The summed E-state index contributed by atoms with van der Waals surface area (Å²) in [7, 11) is 0. The van der Waals surface area contributed by atoms with Crippen LogP contribution in [0.15, 0.2) is 0 Å². The van der Waals surface area contributed by atoms with E-state index in [0.717, 1.165) is 6.42 Å². The standard InChI is InChI=1S/C9H19NO3.ClH/c1-4-5-7(11)8(10)9(12)13-6(2)3;/h6-8,11H,4-5,10H2,1-3H3;1H/t7-,8-;/m0./s1. The van der Waals surface area contributed by atoms with Crippen molar-refractivity contribution in [1.29, 1.82) is 0 Å². The number of esters is 1. The summed E-state index contributed by atoms with van der Waals surface area (Å²) in [5.41, 5.74) is 5.47. The summed E-state index contributed by atoms with van der Waals surface area (Å²) in [5.74, 6) is -0.532. The van der Waals surface area contributed by atoms with Gasteiger partial charge in [0.25, 0.3) is 0 Å². The number of aliphatic hydroxyl groups is 1. The molecule has 0 aliphatic carbocycles. The first-order chi connectivity index (χ1) is 5.99. The van der Waals surface area contributed by atoms with Crippen molar-refractivity contribution in [2.45, 2.75) is 51.9 Å². The molecule has 4 nitrogen and oxygen atoms in total. The van der Waals surface area contributed by atoms with Gasteiger partial charge in [-0.05, 0) is 20.3 Å². The van der Waals surface area contributed by atoms with Crippen LogP contribution in [0, 0.1) is 0 Å². The second kappa shape index (κ2) is 8.03. The maximum atomic E-state index is 11.2. The van der Waals surface area contributed by atoms with E-state index < -0.39 is 18.1 Å². The average molecular weight is 226 g/mol. The number of rotatable bonds is 5. The Labute approximate surface area is 91.2 Å². The number of hydrogen-bond acceptors (Lipinski definition) is 4. The Kier molecular flexibility index (Phi) is 9.24. The van der Waals surface area contributed by atoms with Crippen LogP contribution in [-0.2, 0) is 9.53 Å². The lowest BCUT2D eigenvalue weighted by Gasteiger charge is -2.18. The van der Waals surface area contributed by atoms with Crippen LogP contribution in [0.3, 0.4) is 0 Å².